The molecule has 2 aromatic rings. The molecule has 144 valence electrons. The second kappa shape index (κ2) is 7.92. The molecule has 1 heterocycles. The van der Waals surface area contributed by atoms with Gasteiger partial charge in [-0.3, -0.25) is 9.36 Å². The topological polar surface area (TPSA) is 87.6 Å². The van der Waals surface area contributed by atoms with Crippen LogP contribution in [0, 0.1) is 0 Å². The van der Waals surface area contributed by atoms with Gasteiger partial charge >= 0.3 is 11.9 Å². The first-order valence-corrected chi connectivity index (χ1v) is 7.94. The van der Waals surface area contributed by atoms with Gasteiger partial charge in [0.25, 0.3) is 5.91 Å². The molecule has 26 heavy (non-hydrogen) atoms. The van der Waals surface area contributed by atoms with Gasteiger partial charge in [-0.2, -0.15) is 13.2 Å². The highest BCUT2D eigenvalue weighted by Gasteiger charge is 2.40. The highest BCUT2D eigenvalue weighted by molar-refractivity contribution is 5.97. The zero-order valence-corrected chi connectivity index (χ0v) is 14.3. The highest BCUT2D eigenvalue weighted by Crippen LogP contribution is 2.22. The Morgan fingerprint density at radius 2 is 2.12 bits per heavy atom. The zero-order valence-electron chi connectivity index (χ0n) is 14.3. The standard InChI is InChI=1S/C16H20F3N3O4/c1-3-22-12-5-4-10(8-11(12)20-15(22)25)14(24)21(6-7-26-2)9-13(23)16(17,18)19/h4-5,8,13,23H,3,6-7,9H2,1-2H3,(H,20,25). The molecule has 1 amide bonds. The van der Waals surface area contributed by atoms with E-state index in [-0.39, 0.29) is 24.4 Å². The van der Waals surface area contributed by atoms with Gasteiger partial charge in [-0.05, 0) is 25.1 Å². The van der Waals surface area contributed by atoms with Crippen molar-refractivity contribution in [3.05, 3.63) is 34.2 Å². The SMILES string of the molecule is CCn1c(=O)[nH]c2cc(C(=O)N(CCOC)CC(O)C(F)(F)F)ccc21. The number of aromatic nitrogens is 2. The Bertz CT molecular complexity index is 828. The Balaban J connectivity index is 2.32. The lowest BCUT2D eigenvalue weighted by Gasteiger charge is -2.26. The minimum absolute atomic E-state index is 0.0155. The number of benzene rings is 1. The molecular formula is C16H20F3N3O4. The molecule has 1 aromatic heterocycles. The number of hydrogen-bond acceptors (Lipinski definition) is 4. The van der Waals surface area contributed by atoms with Crippen molar-refractivity contribution in [1.29, 1.82) is 0 Å². The molecule has 2 N–H and O–H groups in total. The van der Waals surface area contributed by atoms with Crippen molar-refractivity contribution in [2.75, 3.05) is 26.8 Å². The number of nitrogens with zero attached hydrogens (tertiary/aromatic N) is 2. The molecule has 2 rings (SSSR count). The van der Waals surface area contributed by atoms with E-state index in [1.807, 2.05) is 0 Å². The van der Waals surface area contributed by atoms with E-state index in [1.54, 1.807) is 13.0 Å². The summed E-state index contributed by atoms with van der Waals surface area (Å²) < 4.78 is 44.2. The van der Waals surface area contributed by atoms with E-state index in [0.29, 0.717) is 17.6 Å². The number of aliphatic hydroxyl groups excluding tert-OH is 1. The third kappa shape index (κ3) is 4.25. The molecule has 10 heteroatoms. The zero-order chi connectivity index (χ0) is 19.5. The normalized spacial score (nSPS) is 13.2. The van der Waals surface area contributed by atoms with Crippen LogP contribution in [0.3, 0.4) is 0 Å². The summed E-state index contributed by atoms with van der Waals surface area (Å²) in [4.78, 5) is 27.9. The fourth-order valence-electron chi connectivity index (χ4n) is 2.58. The van der Waals surface area contributed by atoms with E-state index in [0.717, 1.165) is 4.90 Å². The van der Waals surface area contributed by atoms with Crippen molar-refractivity contribution in [3.63, 3.8) is 0 Å². The number of carbonyl (C=O) groups excluding carboxylic acids is 1. The van der Waals surface area contributed by atoms with E-state index >= 15 is 0 Å². The van der Waals surface area contributed by atoms with Gasteiger partial charge in [0.2, 0.25) is 0 Å². The summed E-state index contributed by atoms with van der Waals surface area (Å²) in [6.45, 7) is 1.22. The predicted molar refractivity (Wildman–Crippen MR) is 88.1 cm³/mol. The second-order valence-electron chi connectivity index (χ2n) is 5.71. The van der Waals surface area contributed by atoms with Crippen molar-refractivity contribution >= 4 is 16.9 Å². The van der Waals surface area contributed by atoms with Crippen LogP contribution in [0.1, 0.15) is 17.3 Å². The van der Waals surface area contributed by atoms with Crippen molar-refractivity contribution in [3.8, 4) is 0 Å². The van der Waals surface area contributed by atoms with E-state index < -0.39 is 24.7 Å². The maximum atomic E-state index is 12.6. The van der Waals surface area contributed by atoms with Gasteiger partial charge in [0.05, 0.1) is 24.2 Å². The van der Waals surface area contributed by atoms with Gasteiger partial charge in [0.1, 0.15) is 0 Å². The Labute approximate surface area is 147 Å². The van der Waals surface area contributed by atoms with Gasteiger partial charge in [0, 0.05) is 25.8 Å². The summed E-state index contributed by atoms with van der Waals surface area (Å²) in [6, 6.07) is 4.40. The fraction of sp³-hybridized carbons (Fsp3) is 0.500. The number of H-pyrrole nitrogens is 1. The third-order valence-corrected chi connectivity index (χ3v) is 3.96. The van der Waals surface area contributed by atoms with Crippen LogP contribution in [-0.2, 0) is 11.3 Å². The molecular weight excluding hydrogens is 355 g/mol. The Morgan fingerprint density at radius 3 is 2.69 bits per heavy atom. The van der Waals surface area contributed by atoms with Crippen LogP contribution in [0.15, 0.2) is 23.0 Å². The van der Waals surface area contributed by atoms with E-state index in [1.165, 1.54) is 23.8 Å². The van der Waals surface area contributed by atoms with Crippen molar-refractivity contribution < 1.29 is 27.8 Å². The number of hydrogen-bond donors (Lipinski definition) is 2. The number of nitrogens with one attached hydrogen (secondary N) is 1. The largest absolute Gasteiger partial charge is 0.416 e. The number of aryl methyl sites for hydroxylation is 1. The average Bonchev–Trinajstić information content (AvgIpc) is 2.90. The van der Waals surface area contributed by atoms with E-state index in [4.69, 9.17) is 4.74 Å². The first-order chi connectivity index (χ1) is 12.2. The summed E-state index contributed by atoms with van der Waals surface area (Å²) in [5.41, 5.74) is 0.766. The fourth-order valence-corrected chi connectivity index (χ4v) is 2.58. The number of alkyl halides is 3. The number of aliphatic hydroxyl groups is 1. The van der Waals surface area contributed by atoms with Crippen molar-refractivity contribution in [2.24, 2.45) is 0 Å². The molecule has 0 spiro atoms. The second-order valence-corrected chi connectivity index (χ2v) is 5.71. The lowest BCUT2D eigenvalue weighted by Crippen LogP contribution is -2.45. The van der Waals surface area contributed by atoms with Crippen molar-refractivity contribution in [2.45, 2.75) is 25.7 Å². The van der Waals surface area contributed by atoms with Crippen molar-refractivity contribution in [1.82, 2.24) is 14.5 Å². The molecule has 1 unspecified atom stereocenters. The van der Waals surface area contributed by atoms with Gasteiger partial charge in [-0.25, -0.2) is 4.79 Å². The summed E-state index contributed by atoms with van der Waals surface area (Å²) in [5.74, 6) is -0.697. The number of imidazole rings is 1. The van der Waals surface area contributed by atoms with Gasteiger partial charge in [0.15, 0.2) is 6.10 Å². The van der Waals surface area contributed by atoms with Gasteiger partial charge in [-0.15, -0.1) is 0 Å². The number of methoxy groups -OCH3 is 1. The minimum atomic E-state index is -4.83. The summed E-state index contributed by atoms with van der Waals surface area (Å²) >= 11 is 0. The number of carbonyl (C=O) groups is 1. The number of amides is 1. The maximum absolute atomic E-state index is 12.6. The first-order valence-electron chi connectivity index (χ1n) is 7.94. The minimum Gasteiger partial charge on any atom is -0.383 e. The van der Waals surface area contributed by atoms with E-state index in [2.05, 4.69) is 4.98 Å². The lowest BCUT2D eigenvalue weighted by molar-refractivity contribution is -0.206. The molecule has 0 saturated carbocycles. The summed E-state index contributed by atoms with van der Waals surface area (Å²) in [6.07, 6.45) is -7.49. The van der Waals surface area contributed by atoms with E-state index in [9.17, 15) is 27.9 Å². The van der Waals surface area contributed by atoms with Crippen LogP contribution >= 0.6 is 0 Å². The van der Waals surface area contributed by atoms with Crippen LogP contribution in [0.4, 0.5) is 13.2 Å². The Kier molecular flexibility index (Phi) is 6.09. The molecule has 0 aliphatic heterocycles. The molecule has 0 bridgehead atoms. The van der Waals surface area contributed by atoms with Gasteiger partial charge in [-0.1, -0.05) is 0 Å². The van der Waals surface area contributed by atoms with Crippen LogP contribution in [0.2, 0.25) is 0 Å². The number of fused-ring (bicyclic) bond motifs is 1. The van der Waals surface area contributed by atoms with Gasteiger partial charge < -0.3 is 19.7 Å². The molecule has 0 fully saturated rings. The first kappa shape index (κ1) is 20.0. The Morgan fingerprint density at radius 1 is 1.42 bits per heavy atom. The molecule has 7 nitrogen and oxygen atoms in total. The summed E-state index contributed by atoms with van der Waals surface area (Å²) in [7, 11) is 1.35. The van der Waals surface area contributed by atoms with Crippen LogP contribution in [0.5, 0.6) is 0 Å². The molecule has 0 aliphatic carbocycles. The van der Waals surface area contributed by atoms with Crippen LogP contribution in [0.25, 0.3) is 11.0 Å². The number of halogens is 3. The third-order valence-electron chi connectivity index (χ3n) is 3.96. The van der Waals surface area contributed by atoms with Crippen LogP contribution in [-0.4, -0.2) is 64.6 Å². The molecule has 0 saturated heterocycles. The quantitative estimate of drug-likeness (QED) is 0.765. The highest BCUT2D eigenvalue weighted by atomic mass is 19.4. The Hall–Kier alpha value is -2.33. The lowest BCUT2D eigenvalue weighted by atomic mass is 10.1. The smallest absolute Gasteiger partial charge is 0.383 e. The number of rotatable bonds is 7. The summed E-state index contributed by atoms with van der Waals surface area (Å²) in [5, 5.41) is 9.28. The number of ether oxygens (including phenoxy) is 1. The molecule has 1 atom stereocenters. The number of aromatic amines is 1. The molecule has 0 radical (unpaired) electrons. The molecule has 0 aliphatic rings. The van der Waals surface area contributed by atoms with Crippen LogP contribution < -0.4 is 5.69 Å². The average molecular weight is 375 g/mol. The molecule has 1 aromatic carbocycles. The monoisotopic (exact) mass is 375 g/mol. The maximum Gasteiger partial charge on any atom is 0.416 e. The predicted octanol–water partition coefficient (Wildman–Crippen LogP) is 1.36.